The number of carbonyl (C=O) groups excluding carboxylic acids is 7. The van der Waals surface area contributed by atoms with Gasteiger partial charge in [0.15, 0.2) is 0 Å². The van der Waals surface area contributed by atoms with Crippen LogP contribution in [0.4, 0.5) is 4.79 Å². The Morgan fingerprint density at radius 2 is 1.44 bits per heavy atom. The van der Waals surface area contributed by atoms with Gasteiger partial charge in [0, 0.05) is 38.8 Å². The number of hydrogen-bond acceptors (Lipinski definition) is 9. The number of nitrogens with zero attached hydrogens (tertiary/aromatic N) is 1. The van der Waals surface area contributed by atoms with Gasteiger partial charge in [-0.15, -0.1) is 0 Å². The van der Waals surface area contributed by atoms with E-state index < -0.39 is 36.5 Å². The molecule has 1 unspecified atom stereocenters. The molecule has 0 aromatic heterocycles. The van der Waals surface area contributed by atoms with E-state index in [1.54, 1.807) is 24.3 Å². The Morgan fingerprint density at radius 1 is 0.820 bits per heavy atom. The van der Waals surface area contributed by atoms with E-state index >= 15 is 0 Å². The van der Waals surface area contributed by atoms with Crippen LogP contribution in [0.5, 0.6) is 0 Å². The average Bonchev–Trinajstić information content (AvgIpc) is 3.45. The highest BCUT2D eigenvalue weighted by Gasteiger charge is 2.29. The number of amides is 5. The minimum absolute atomic E-state index is 0.0209. The van der Waals surface area contributed by atoms with E-state index in [0.29, 0.717) is 24.3 Å². The van der Waals surface area contributed by atoms with Gasteiger partial charge in [-0.3, -0.25) is 19.2 Å². The van der Waals surface area contributed by atoms with Crippen LogP contribution in [-0.2, 0) is 44.8 Å². The molecule has 1 aliphatic carbocycles. The molecule has 0 heterocycles. The molecule has 0 saturated carbocycles. The van der Waals surface area contributed by atoms with Gasteiger partial charge < -0.3 is 35.6 Å². The smallest absolute Gasteiger partial charge is 0.407 e. The minimum Gasteiger partial charge on any atom is -0.449 e. The molecule has 0 saturated heterocycles. The van der Waals surface area contributed by atoms with Gasteiger partial charge in [-0.25, -0.2) is 9.59 Å². The molecule has 0 fully saturated rings. The Hall–Kier alpha value is -6.05. The number of rotatable bonds is 15. The van der Waals surface area contributed by atoms with Crippen molar-refractivity contribution in [2.45, 2.75) is 38.1 Å². The zero-order valence-electron chi connectivity index (χ0n) is 27.9. The monoisotopic (exact) mass is 687 g/mol. The Balaban J connectivity index is 0.000000271. The molecule has 0 radical (unpaired) electrons. The second-order valence-corrected chi connectivity index (χ2v) is 10.9. The van der Waals surface area contributed by atoms with E-state index in [1.807, 2.05) is 37.3 Å². The lowest BCUT2D eigenvalue weighted by atomic mass is 9.98. The maximum absolute atomic E-state index is 12.1. The van der Waals surface area contributed by atoms with Gasteiger partial charge in [0.1, 0.15) is 25.5 Å². The number of alkyl carbamates (subject to hydrolysis) is 1. The number of carbonyl (C=O) groups is 7. The summed E-state index contributed by atoms with van der Waals surface area (Å²) in [5.74, 6) is -2.17. The van der Waals surface area contributed by atoms with Gasteiger partial charge in [-0.1, -0.05) is 78.9 Å². The van der Waals surface area contributed by atoms with Crippen LogP contribution in [0.15, 0.2) is 78.9 Å². The maximum Gasteiger partial charge on any atom is 0.407 e. The van der Waals surface area contributed by atoms with Crippen molar-refractivity contribution in [3.8, 4) is 11.1 Å². The maximum atomic E-state index is 12.1. The van der Waals surface area contributed by atoms with Crippen molar-refractivity contribution < 1.29 is 43.1 Å². The van der Waals surface area contributed by atoms with Crippen molar-refractivity contribution in [1.29, 1.82) is 0 Å². The molecule has 3 aromatic rings. The van der Waals surface area contributed by atoms with Gasteiger partial charge in [0.2, 0.25) is 18.2 Å². The normalized spacial score (nSPS) is 11.6. The lowest BCUT2D eigenvalue weighted by Crippen LogP contribution is -2.47. The Bertz CT molecular complexity index is 1590. The van der Waals surface area contributed by atoms with Gasteiger partial charge in [0.25, 0.3) is 5.91 Å². The lowest BCUT2D eigenvalue weighted by Gasteiger charge is -2.18. The van der Waals surface area contributed by atoms with Crippen molar-refractivity contribution in [2.75, 3.05) is 33.3 Å². The number of aldehydes is 1. The van der Waals surface area contributed by atoms with Crippen LogP contribution >= 0.6 is 0 Å². The molecular weight excluding hydrogens is 646 g/mol. The van der Waals surface area contributed by atoms with Crippen molar-refractivity contribution in [3.63, 3.8) is 0 Å². The lowest BCUT2D eigenvalue weighted by molar-refractivity contribution is -0.192. The molecule has 264 valence electrons. The summed E-state index contributed by atoms with van der Waals surface area (Å²) in [7, 11) is 1.24. The SMILES string of the molecule is CCNC(=O)CNC(=O)OCC1c2ccccc2-c2ccccc21.CN(OC(=O)CNC(=O)C(Cc1ccccc1)NC=O)C(=O)CCC=O. The molecule has 5 amide bonds. The molecule has 14 heteroatoms. The molecule has 50 heavy (non-hydrogen) atoms. The zero-order valence-corrected chi connectivity index (χ0v) is 27.9. The number of likely N-dealkylation sites (N-methyl/N-ethyl adjacent to an activating group) is 1. The summed E-state index contributed by atoms with van der Waals surface area (Å²) in [6.07, 6.45) is 0.608. The molecule has 14 nitrogen and oxygen atoms in total. The highest BCUT2D eigenvalue weighted by Crippen LogP contribution is 2.44. The van der Waals surface area contributed by atoms with Gasteiger partial charge in [-0.2, -0.15) is 5.06 Å². The number of hydrogen-bond donors (Lipinski definition) is 4. The van der Waals surface area contributed by atoms with Crippen LogP contribution in [0.25, 0.3) is 11.1 Å². The molecule has 0 spiro atoms. The topological polar surface area (TPSA) is 189 Å². The van der Waals surface area contributed by atoms with Crippen molar-refractivity contribution in [3.05, 3.63) is 95.6 Å². The Kier molecular flexibility index (Phi) is 15.6. The number of ether oxygens (including phenoxy) is 1. The van der Waals surface area contributed by atoms with E-state index in [4.69, 9.17) is 9.57 Å². The summed E-state index contributed by atoms with van der Waals surface area (Å²) < 4.78 is 5.34. The summed E-state index contributed by atoms with van der Waals surface area (Å²) in [6.45, 7) is 2.05. The first-order valence-electron chi connectivity index (χ1n) is 16.0. The van der Waals surface area contributed by atoms with Gasteiger partial charge >= 0.3 is 12.1 Å². The molecule has 1 aliphatic rings. The number of hydroxylamine groups is 2. The molecule has 3 aromatic carbocycles. The molecule has 4 rings (SSSR count). The van der Waals surface area contributed by atoms with Crippen LogP contribution in [0.3, 0.4) is 0 Å². The Labute approximate surface area is 289 Å². The predicted octanol–water partition coefficient (Wildman–Crippen LogP) is 2.02. The van der Waals surface area contributed by atoms with E-state index in [0.717, 1.165) is 16.7 Å². The fourth-order valence-corrected chi connectivity index (χ4v) is 5.08. The molecule has 0 bridgehead atoms. The number of nitrogens with one attached hydrogen (secondary N) is 4. The van der Waals surface area contributed by atoms with Crippen LogP contribution in [0, 0.1) is 0 Å². The summed E-state index contributed by atoms with van der Waals surface area (Å²) in [6, 6.07) is 24.5. The minimum atomic E-state index is -0.857. The summed E-state index contributed by atoms with van der Waals surface area (Å²) in [4.78, 5) is 84.2. The van der Waals surface area contributed by atoms with E-state index in [2.05, 4.69) is 45.5 Å². The third-order valence-electron chi connectivity index (χ3n) is 7.45. The highest BCUT2D eigenvalue weighted by molar-refractivity contribution is 5.87. The van der Waals surface area contributed by atoms with Crippen LogP contribution in [0.2, 0.25) is 0 Å². The fourth-order valence-electron chi connectivity index (χ4n) is 5.08. The van der Waals surface area contributed by atoms with Crippen LogP contribution < -0.4 is 21.3 Å². The third-order valence-corrected chi connectivity index (χ3v) is 7.45. The first-order chi connectivity index (χ1) is 24.2. The van der Waals surface area contributed by atoms with Crippen molar-refractivity contribution in [1.82, 2.24) is 26.3 Å². The summed E-state index contributed by atoms with van der Waals surface area (Å²) in [5, 5.41) is 10.5. The Morgan fingerprint density at radius 3 is 2.04 bits per heavy atom. The number of fused-ring (bicyclic) bond motifs is 3. The average molecular weight is 688 g/mol. The second kappa shape index (κ2) is 20.3. The van der Waals surface area contributed by atoms with Crippen molar-refractivity contribution in [2.24, 2.45) is 0 Å². The largest absolute Gasteiger partial charge is 0.449 e. The van der Waals surface area contributed by atoms with E-state index in [-0.39, 0.29) is 44.2 Å². The zero-order chi connectivity index (χ0) is 36.3. The fraction of sp³-hybridized carbons (Fsp3) is 0.306. The predicted molar refractivity (Wildman–Crippen MR) is 182 cm³/mol. The van der Waals surface area contributed by atoms with Crippen molar-refractivity contribution >= 4 is 42.5 Å². The summed E-state index contributed by atoms with van der Waals surface area (Å²) >= 11 is 0. The first-order valence-corrected chi connectivity index (χ1v) is 16.0. The first kappa shape index (κ1) is 38.4. The van der Waals surface area contributed by atoms with E-state index in [1.165, 1.54) is 18.2 Å². The third kappa shape index (κ3) is 11.9. The molecular formula is C36H41N5O9. The standard InChI is InChI=1S/C19H20N2O3.C17H21N3O6/c1-2-20-18(22)11-21-19(23)24-12-17-15-9-5-3-7-13(15)14-8-4-6-10-16(14)17;1-20(15(23)8-5-9-21)26-16(24)11-18-17(25)14(19-12-22)10-13-6-3-2-4-7-13/h3-10,17H,2,11-12H2,1H3,(H,20,22)(H,21,23);2-4,6-7,9,12,14H,5,8,10-11H2,1H3,(H,18,25)(H,19,22). The van der Waals surface area contributed by atoms with Crippen LogP contribution in [-0.4, -0.2) is 86.9 Å². The molecule has 4 N–H and O–H groups in total. The highest BCUT2D eigenvalue weighted by atomic mass is 16.7. The molecule has 0 aliphatic heterocycles. The number of benzene rings is 3. The molecule has 1 atom stereocenters. The second-order valence-electron chi connectivity index (χ2n) is 10.9. The quantitative estimate of drug-likeness (QED) is 0.137. The summed E-state index contributed by atoms with van der Waals surface area (Å²) in [5.41, 5.74) is 5.53. The van der Waals surface area contributed by atoms with Gasteiger partial charge in [-0.05, 0) is 34.7 Å². The van der Waals surface area contributed by atoms with Gasteiger partial charge in [0.05, 0.1) is 6.54 Å². The van der Waals surface area contributed by atoms with Crippen LogP contribution in [0.1, 0.15) is 42.4 Å². The van der Waals surface area contributed by atoms with E-state index in [9.17, 15) is 33.6 Å².